The van der Waals surface area contributed by atoms with Crippen LogP contribution in [-0.4, -0.2) is 54.6 Å². The average Bonchev–Trinajstić information content (AvgIpc) is 2.25. The zero-order valence-corrected chi connectivity index (χ0v) is 10.9. The highest BCUT2D eigenvalue weighted by Crippen LogP contribution is 2.01. The molecule has 0 aromatic heterocycles. The summed E-state index contributed by atoms with van der Waals surface area (Å²) in [6, 6.07) is 0. The topological polar surface area (TPSA) is 107 Å². The molecule has 0 aromatic rings. The van der Waals surface area contributed by atoms with Crippen molar-refractivity contribution in [2.75, 3.05) is 19.6 Å². The standard InChI is InChI=1S/C9H20N2O5S/c1-3-5-11(6-4-2)17(15,16)10-7-8(12)9(13)14/h8,10,12H,3-7H2,1-2H3,(H,13,14). The normalized spacial score (nSPS) is 13.9. The van der Waals surface area contributed by atoms with Gasteiger partial charge in [-0.3, -0.25) is 0 Å². The predicted octanol–water partition coefficient (Wildman–Crippen LogP) is -0.612. The van der Waals surface area contributed by atoms with Crippen LogP contribution in [0.1, 0.15) is 26.7 Å². The van der Waals surface area contributed by atoms with Gasteiger partial charge in [-0.25, -0.2) is 4.79 Å². The van der Waals surface area contributed by atoms with E-state index < -0.39 is 28.8 Å². The van der Waals surface area contributed by atoms with E-state index in [1.165, 1.54) is 4.31 Å². The summed E-state index contributed by atoms with van der Waals surface area (Å²) in [6.07, 6.45) is -0.389. The van der Waals surface area contributed by atoms with Gasteiger partial charge in [-0.05, 0) is 12.8 Å². The van der Waals surface area contributed by atoms with Crippen molar-refractivity contribution in [3.63, 3.8) is 0 Å². The lowest BCUT2D eigenvalue weighted by molar-refractivity contribution is -0.146. The summed E-state index contributed by atoms with van der Waals surface area (Å²) in [6.45, 7) is 3.91. The molecule has 0 amide bonds. The molecule has 0 aliphatic carbocycles. The molecule has 0 aromatic carbocycles. The number of aliphatic carboxylic acids is 1. The third-order valence-electron chi connectivity index (χ3n) is 2.03. The van der Waals surface area contributed by atoms with E-state index >= 15 is 0 Å². The first kappa shape index (κ1) is 16.3. The Hall–Kier alpha value is -0.700. The molecule has 0 fully saturated rings. The van der Waals surface area contributed by atoms with Gasteiger partial charge in [0.05, 0.1) is 0 Å². The predicted molar refractivity (Wildman–Crippen MR) is 62.7 cm³/mol. The Balaban J connectivity index is 4.47. The molecule has 0 aliphatic heterocycles. The number of carboxylic acids is 1. The van der Waals surface area contributed by atoms with Crippen molar-refractivity contribution >= 4 is 16.2 Å². The smallest absolute Gasteiger partial charge is 0.333 e. The number of hydrogen-bond donors (Lipinski definition) is 3. The first-order valence-electron chi connectivity index (χ1n) is 5.50. The lowest BCUT2D eigenvalue weighted by atomic mass is 10.4. The van der Waals surface area contributed by atoms with Gasteiger partial charge in [0.15, 0.2) is 6.10 Å². The lowest BCUT2D eigenvalue weighted by Crippen LogP contribution is -2.45. The molecule has 0 radical (unpaired) electrons. The number of nitrogens with zero attached hydrogens (tertiary/aromatic N) is 1. The zero-order valence-electron chi connectivity index (χ0n) is 10.1. The van der Waals surface area contributed by atoms with Crippen LogP contribution in [0.4, 0.5) is 0 Å². The second kappa shape index (κ2) is 7.59. The van der Waals surface area contributed by atoms with Gasteiger partial charge in [0.25, 0.3) is 10.2 Å². The summed E-state index contributed by atoms with van der Waals surface area (Å²) in [5, 5.41) is 17.4. The van der Waals surface area contributed by atoms with E-state index in [0.29, 0.717) is 25.9 Å². The van der Waals surface area contributed by atoms with Crippen LogP contribution in [0.5, 0.6) is 0 Å². The van der Waals surface area contributed by atoms with Crippen LogP contribution < -0.4 is 4.72 Å². The van der Waals surface area contributed by atoms with E-state index in [-0.39, 0.29) is 0 Å². The summed E-state index contributed by atoms with van der Waals surface area (Å²) in [5.41, 5.74) is 0. The maximum atomic E-state index is 11.7. The van der Waals surface area contributed by atoms with Crippen LogP contribution >= 0.6 is 0 Å². The number of aliphatic hydroxyl groups excluding tert-OH is 1. The van der Waals surface area contributed by atoms with Gasteiger partial charge >= 0.3 is 5.97 Å². The fourth-order valence-corrected chi connectivity index (χ4v) is 2.61. The second-order valence-corrected chi connectivity index (χ2v) is 5.36. The maximum Gasteiger partial charge on any atom is 0.333 e. The van der Waals surface area contributed by atoms with Crippen molar-refractivity contribution < 1.29 is 23.4 Å². The van der Waals surface area contributed by atoms with Gasteiger partial charge in [-0.2, -0.15) is 17.4 Å². The SMILES string of the molecule is CCCN(CCC)S(=O)(=O)NCC(O)C(=O)O. The highest BCUT2D eigenvalue weighted by atomic mass is 32.2. The van der Waals surface area contributed by atoms with Crippen molar-refractivity contribution in [1.29, 1.82) is 0 Å². The van der Waals surface area contributed by atoms with Crippen LogP contribution in [0.2, 0.25) is 0 Å². The Morgan fingerprint density at radius 1 is 1.29 bits per heavy atom. The van der Waals surface area contributed by atoms with E-state index in [0.717, 1.165) is 0 Å². The molecular weight excluding hydrogens is 248 g/mol. The van der Waals surface area contributed by atoms with Crippen LogP contribution in [-0.2, 0) is 15.0 Å². The average molecular weight is 268 g/mol. The Bertz CT molecular complexity index is 324. The molecule has 0 spiro atoms. The molecule has 102 valence electrons. The summed E-state index contributed by atoms with van der Waals surface area (Å²) in [4.78, 5) is 10.3. The number of carboxylic acid groups (broad SMARTS) is 1. The zero-order chi connectivity index (χ0) is 13.5. The maximum absolute atomic E-state index is 11.7. The summed E-state index contributed by atoms with van der Waals surface area (Å²) >= 11 is 0. The van der Waals surface area contributed by atoms with E-state index in [9.17, 15) is 13.2 Å². The summed E-state index contributed by atoms with van der Waals surface area (Å²) in [7, 11) is -3.72. The molecule has 1 unspecified atom stereocenters. The van der Waals surface area contributed by atoms with E-state index in [4.69, 9.17) is 10.2 Å². The highest BCUT2D eigenvalue weighted by Gasteiger charge is 2.22. The number of hydrogen-bond acceptors (Lipinski definition) is 4. The molecular formula is C9H20N2O5S. The van der Waals surface area contributed by atoms with Crippen LogP contribution in [0, 0.1) is 0 Å². The Kier molecular flexibility index (Phi) is 7.28. The van der Waals surface area contributed by atoms with E-state index in [2.05, 4.69) is 4.72 Å². The monoisotopic (exact) mass is 268 g/mol. The van der Waals surface area contributed by atoms with Crippen molar-refractivity contribution in [2.24, 2.45) is 0 Å². The fraction of sp³-hybridized carbons (Fsp3) is 0.889. The largest absolute Gasteiger partial charge is 0.479 e. The molecule has 1 atom stereocenters. The fourth-order valence-electron chi connectivity index (χ4n) is 1.21. The van der Waals surface area contributed by atoms with E-state index in [1.807, 2.05) is 13.8 Å². The van der Waals surface area contributed by atoms with Crippen molar-refractivity contribution in [3.8, 4) is 0 Å². The second-order valence-electron chi connectivity index (χ2n) is 3.61. The van der Waals surface area contributed by atoms with Gasteiger partial charge in [-0.1, -0.05) is 13.8 Å². The number of carbonyl (C=O) groups is 1. The Morgan fingerprint density at radius 3 is 2.12 bits per heavy atom. The van der Waals surface area contributed by atoms with Crippen molar-refractivity contribution in [3.05, 3.63) is 0 Å². The Labute approximate surface area is 102 Å². The van der Waals surface area contributed by atoms with Gasteiger partial charge < -0.3 is 10.2 Å². The first-order valence-corrected chi connectivity index (χ1v) is 6.94. The minimum atomic E-state index is -3.72. The Morgan fingerprint density at radius 2 is 1.76 bits per heavy atom. The third kappa shape index (κ3) is 5.97. The minimum Gasteiger partial charge on any atom is -0.479 e. The van der Waals surface area contributed by atoms with Gasteiger partial charge in [-0.15, -0.1) is 0 Å². The molecule has 0 rings (SSSR count). The van der Waals surface area contributed by atoms with Crippen molar-refractivity contribution in [1.82, 2.24) is 9.03 Å². The van der Waals surface area contributed by atoms with E-state index in [1.54, 1.807) is 0 Å². The quantitative estimate of drug-likeness (QED) is 0.517. The van der Waals surface area contributed by atoms with Crippen LogP contribution in [0.3, 0.4) is 0 Å². The molecule has 17 heavy (non-hydrogen) atoms. The molecule has 0 saturated carbocycles. The summed E-state index contributed by atoms with van der Waals surface area (Å²) < 4.78 is 26.8. The number of nitrogens with one attached hydrogen (secondary N) is 1. The van der Waals surface area contributed by atoms with Crippen LogP contribution in [0.25, 0.3) is 0 Å². The molecule has 0 heterocycles. The third-order valence-corrected chi connectivity index (χ3v) is 3.61. The number of rotatable bonds is 9. The van der Waals surface area contributed by atoms with Gasteiger partial charge in [0.2, 0.25) is 0 Å². The molecule has 0 aliphatic rings. The van der Waals surface area contributed by atoms with Crippen LogP contribution in [0.15, 0.2) is 0 Å². The summed E-state index contributed by atoms with van der Waals surface area (Å²) in [5.74, 6) is -1.45. The molecule has 8 heteroatoms. The van der Waals surface area contributed by atoms with Crippen molar-refractivity contribution in [2.45, 2.75) is 32.8 Å². The number of aliphatic hydroxyl groups is 1. The molecule has 0 saturated heterocycles. The lowest BCUT2D eigenvalue weighted by Gasteiger charge is -2.21. The first-order chi connectivity index (χ1) is 7.85. The van der Waals surface area contributed by atoms with Gasteiger partial charge in [0, 0.05) is 19.6 Å². The molecule has 7 nitrogen and oxygen atoms in total. The van der Waals surface area contributed by atoms with Gasteiger partial charge in [0.1, 0.15) is 0 Å². The molecule has 0 bridgehead atoms. The highest BCUT2D eigenvalue weighted by molar-refractivity contribution is 7.87. The molecule has 3 N–H and O–H groups in total. The minimum absolute atomic E-state index is 0.367.